The van der Waals surface area contributed by atoms with Gasteiger partial charge in [-0.2, -0.15) is 0 Å². The van der Waals surface area contributed by atoms with Gasteiger partial charge in [0, 0.05) is 38.0 Å². The number of hydrogen-bond donors (Lipinski definition) is 2. The second-order valence-electron chi connectivity index (χ2n) is 9.29. The van der Waals surface area contributed by atoms with Gasteiger partial charge in [0.25, 0.3) is 0 Å². The van der Waals surface area contributed by atoms with Crippen molar-refractivity contribution in [2.75, 3.05) is 19.6 Å². The monoisotopic (exact) mass is 384 g/mol. The van der Waals surface area contributed by atoms with Crippen molar-refractivity contribution in [3.63, 3.8) is 0 Å². The van der Waals surface area contributed by atoms with Crippen LogP contribution in [0.2, 0.25) is 0 Å². The summed E-state index contributed by atoms with van der Waals surface area (Å²) in [6, 6.07) is 7.71. The Morgan fingerprint density at radius 1 is 1.14 bits per heavy atom. The van der Waals surface area contributed by atoms with Crippen LogP contribution in [0.4, 0.5) is 0 Å². The van der Waals surface area contributed by atoms with E-state index in [-0.39, 0.29) is 11.8 Å². The molecule has 1 aliphatic heterocycles. The van der Waals surface area contributed by atoms with Gasteiger partial charge < -0.3 is 10.4 Å². The minimum absolute atomic E-state index is 0.0739. The summed E-state index contributed by atoms with van der Waals surface area (Å²) < 4.78 is 0. The fourth-order valence-corrected chi connectivity index (χ4v) is 5.32. The van der Waals surface area contributed by atoms with E-state index in [9.17, 15) is 9.90 Å². The molecule has 0 saturated heterocycles. The van der Waals surface area contributed by atoms with Crippen LogP contribution in [0.25, 0.3) is 0 Å². The van der Waals surface area contributed by atoms with Gasteiger partial charge in [0.2, 0.25) is 5.91 Å². The van der Waals surface area contributed by atoms with Crippen molar-refractivity contribution in [1.82, 2.24) is 10.2 Å². The number of carbonyl (C=O) groups excluding carboxylic acids is 1. The quantitative estimate of drug-likeness (QED) is 0.819. The maximum Gasteiger partial charge on any atom is 0.223 e. The molecule has 2 saturated carbocycles. The molecule has 0 unspecified atom stereocenters. The Hall–Kier alpha value is -1.39. The van der Waals surface area contributed by atoms with E-state index in [0.717, 1.165) is 51.0 Å². The minimum Gasteiger partial charge on any atom is -0.390 e. The molecule has 154 valence electrons. The second kappa shape index (κ2) is 8.54. The molecule has 0 atom stereocenters. The first-order chi connectivity index (χ1) is 13.6. The highest BCUT2D eigenvalue weighted by Crippen LogP contribution is 2.35. The van der Waals surface area contributed by atoms with Crippen LogP contribution in [0.5, 0.6) is 0 Å². The smallest absolute Gasteiger partial charge is 0.223 e. The van der Waals surface area contributed by atoms with Crippen LogP contribution in [0.1, 0.15) is 68.6 Å². The largest absolute Gasteiger partial charge is 0.390 e. The zero-order chi connectivity index (χ0) is 19.6. The first-order valence-electron chi connectivity index (χ1n) is 11.4. The summed E-state index contributed by atoms with van der Waals surface area (Å²) in [6.07, 6.45) is 10.2. The SMILES string of the molecule is CCNC(=O)C1CCC(O)(Cc2ccc3c(c2)CCN(C2CCC2)CC3)CC1. The molecule has 1 aromatic carbocycles. The molecule has 0 spiro atoms. The zero-order valence-corrected chi connectivity index (χ0v) is 17.4. The third-order valence-corrected chi connectivity index (χ3v) is 7.37. The molecule has 1 amide bonds. The average molecular weight is 385 g/mol. The van der Waals surface area contributed by atoms with Crippen LogP contribution in [0.3, 0.4) is 0 Å². The molecular weight excluding hydrogens is 348 g/mol. The lowest BCUT2D eigenvalue weighted by Crippen LogP contribution is -2.41. The number of hydrogen-bond acceptors (Lipinski definition) is 3. The molecule has 0 radical (unpaired) electrons. The van der Waals surface area contributed by atoms with Gasteiger partial charge in [0.05, 0.1) is 5.60 Å². The lowest BCUT2D eigenvalue weighted by Gasteiger charge is -2.36. The van der Waals surface area contributed by atoms with E-state index >= 15 is 0 Å². The minimum atomic E-state index is -0.653. The van der Waals surface area contributed by atoms with Gasteiger partial charge in [0.1, 0.15) is 0 Å². The second-order valence-corrected chi connectivity index (χ2v) is 9.29. The standard InChI is InChI=1S/C24H36N2O2/c1-2-25-23(27)20-8-12-24(28,13-9-20)17-18-6-7-19-10-14-26(22-4-3-5-22)15-11-21(19)16-18/h6-7,16,20,22,28H,2-5,8-15,17H2,1H3,(H,25,27). The van der Waals surface area contributed by atoms with E-state index in [1.54, 1.807) is 0 Å². The molecule has 28 heavy (non-hydrogen) atoms. The number of benzene rings is 1. The summed E-state index contributed by atoms with van der Waals surface area (Å²) in [5.74, 6) is 0.232. The molecular formula is C24H36N2O2. The van der Waals surface area contributed by atoms with E-state index in [2.05, 4.69) is 28.4 Å². The van der Waals surface area contributed by atoms with Crippen LogP contribution < -0.4 is 5.32 Å². The Balaban J connectivity index is 1.36. The molecule has 0 aromatic heterocycles. The third kappa shape index (κ3) is 4.44. The van der Waals surface area contributed by atoms with Crippen LogP contribution in [0.15, 0.2) is 18.2 Å². The molecule has 0 bridgehead atoms. The van der Waals surface area contributed by atoms with Crippen molar-refractivity contribution in [2.45, 2.75) is 82.8 Å². The summed E-state index contributed by atoms with van der Waals surface area (Å²) in [5.41, 5.74) is 3.59. The fraction of sp³-hybridized carbons (Fsp3) is 0.708. The Morgan fingerprint density at radius 3 is 2.50 bits per heavy atom. The van der Waals surface area contributed by atoms with Crippen molar-refractivity contribution in [3.05, 3.63) is 34.9 Å². The van der Waals surface area contributed by atoms with Crippen LogP contribution in [-0.2, 0) is 24.1 Å². The molecule has 2 aliphatic carbocycles. The number of rotatable bonds is 5. The van der Waals surface area contributed by atoms with Crippen molar-refractivity contribution in [3.8, 4) is 0 Å². The Morgan fingerprint density at radius 2 is 1.86 bits per heavy atom. The number of nitrogens with one attached hydrogen (secondary N) is 1. The molecule has 4 rings (SSSR count). The molecule has 3 aliphatic rings. The fourth-order valence-electron chi connectivity index (χ4n) is 5.32. The van der Waals surface area contributed by atoms with Crippen LogP contribution in [0, 0.1) is 5.92 Å². The average Bonchev–Trinajstić information content (AvgIpc) is 2.83. The lowest BCUT2D eigenvalue weighted by atomic mass is 9.75. The summed E-state index contributed by atoms with van der Waals surface area (Å²) in [4.78, 5) is 14.8. The van der Waals surface area contributed by atoms with Crippen molar-refractivity contribution < 1.29 is 9.90 Å². The van der Waals surface area contributed by atoms with E-state index in [0.29, 0.717) is 6.54 Å². The first-order valence-corrected chi connectivity index (χ1v) is 11.4. The van der Waals surface area contributed by atoms with Gasteiger partial charge in [-0.1, -0.05) is 24.6 Å². The van der Waals surface area contributed by atoms with Gasteiger partial charge in [0.15, 0.2) is 0 Å². The van der Waals surface area contributed by atoms with Gasteiger partial charge >= 0.3 is 0 Å². The highest BCUT2D eigenvalue weighted by atomic mass is 16.3. The maximum absolute atomic E-state index is 12.1. The number of nitrogens with zero attached hydrogens (tertiary/aromatic N) is 1. The number of amides is 1. The Kier molecular flexibility index (Phi) is 6.07. The molecule has 1 aromatic rings. The third-order valence-electron chi connectivity index (χ3n) is 7.37. The predicted molar refractivity (Wildman–Crippen MR) is 112 cm³/mol. The van der Waals surface area contributed by atoms with Crippen LogP contribution >= 0.6 is 0 Å². The summed E-state index contributed by atoms with van der Waals surface area (Å²) >= 11 is 0. The van der Waals surface area contributed by atoms with Crippen LogP contribution in [-0.4, -0.2) is 47.2 Å². The van der Waals surface area contributed by atoms with Crippen molar-refractivity contribution >= 4 is 5.91 Å². The molecule has 1 heterocycles. The maximum atomic E-state index is 12.1. The summed E-state index contributed by atoms with van der Waals surface area (Å²) in [6.45, 7) is 5.02. The summed E-state index contributed by atoms with van der Waals surface area (Å²) in [5, 5.41) is 14.1. The van der Waals surface area contributed by atoms with Gasteiger partial charge in [-0.15, -0.1) is 0 Å². The van der Waals surface area contributed by atoms with Gasteiger partial charge in [-0.05, 0) is 75.0 Å². The van der Waals surface area contributed by atoms with Crippen molar-refractivity contribution in [2.24, 2.45) is 5.92 Å². The predicted octanol–water partition coefficient (Wildman–Crippen LogP) is 3.24. The van der Waals surface area contributed by atoms with E-state index < -0.39 is 5.60 Å². The normalized spacial score (nSPS) is 28.9. The first kappa shape index (κ1) is 19.9. The van der Waals surface area contributed by atoms with E-state index in [1.807, 2.05) is 6.92 Å². The highest BCUT2D eigenvalue weighted by Gasteiger charge is 2.36. The van der Waals surface area contributed by atoms with E-state index in [4.69, 9.17) is 0 Å². The molecule has 2 N–H and O–H groups in total. The Bertz CT molecular complexity index is 690. The molecule has 4 heteroatoms. The topological polar surface area (TPSA) is 52.6 Å². The van der Waals surface area contributed by atoms with Crippen molar-refractivity contribution in [1.29, 1.82) is 0 Å². The van der Waals surface area contributed by atoms with Gasteiger partial charge in [-0.3, -0.25) is 9.69 Å². The number of aliphatic hydroxyl groups is 1. The number of fused-ring (bicyclic) bond motifs is 1. The zero-order valence-electron chi connectivity index (χ0n) is 17.4. The van der Waals surface area contributed by atoms with E-state index in [1.165, 1.54) is 49.0 Å². The summed E-state index contributed by atoms with van der Waals surface area (Å²) in [7, 11) is 0. The highest BCUT2D eigenvalue weighted by molar-refractivity contribution is 5.78. The number of carbonyl (C=O) groups is 1. The molecule has 2 fully saturated rings. The molecule has 4 nitrogen and oxygen atoms in total. The lowest BCUT2D eigenvalue weighted by molar-refractivity contribution is -0.127. The van der Waals surface area contributed by atoms with Gasteiger partial charge in [-0.25, -0.2) is 0 Å². The Labute approximate surface area is 169 Å².